The van der Waals surface area contributed by atoms with E-state index in [2.05, 4.69) is 13.8 Å². The fourth-order valence-corrected chi connectivity index (χ4v) is 3.81. The molecule has 0 N–H and O–H groups in total. The third-order valence-corrected chi connectivity index (χ3v) is 4.33. The maximum atomic E-state index is 2.48. The van der Waals surface area contributed by atoms with Crippen LogP contribution >= 0.6 is 0 Å². The van der Waals surface area contributed by atoms with E-state index in [1.807, 2.05) is 0 Å². The van der Waals surface area contributed by atoms with Gasteiger partial charge in [0.25, 0.3) is 0 Å². The highest BCUT2D eigenvalue weighted by atomic mass is 14.4. The molecule has 0 aromatic carbocycles. The Bertz CT molecular complexity index is 139. The molecule has 1 heteroatoms. The minimum atomic E-state index is 0. The van der Waals surface area contributed by atoms with E-state index in [1.165, 1.54) is 25.7 Å². The molecule has 2 unspecified atom stereocenters. The first-order chi connectivity index (χ1) is 5.79. The van der Waals surface area contributed by atoms with E-state index in [1.54, 1.807) is 12.8 Å². The summed E-state index contributed by atoms with van der Waals surface area (Å²) in [5, 5.41) is 0. The number of hydrogen-bond donors (Lipinski definition) is 0. The van der Waals surface area contributed by atoms with Gasteiger partial charge in [-0.15, -0.1) is 0 Å². The van der Waals surface area contributed by atoms with Gasteiger partial charge in [-0.05, 0) is 23.7 Å². The van der Waals surface area contributed by atoms with Gasteiger partial charge in [0.15, 0.2) is 0 Å². The molecule has 0 bridgehead atoms. The van der Waals surface area contributed by atoms with Crippen molar-refractivity contribution >= 4 is 8.41 Å². The summed E-state index contributed by atoms with van der Waals surface area (Å²) in [5.41, 5.74) is 0. The molecule has 2 aliphatic rings. The van der Waals surface area contributed by atoms with Crippen LogP contribution in [0.2, 0.25) is 0 Å². The second-order valence-corrected chi connectivity index (χ2v) is 5.15. The summed E-state index contributed by atoms with van der Waals surface area (Å²) in [6.07, 6.45) is 9.11. The van der Waals surface area contributed by atoms with E-state index in [0.717, 1.165) is 23.7 Å². The summed E-state index contributed by atoms with van der Waals surface area (Å²) < 4.78 is 0. The normalized spacial score (nSPS) is 41.6. The van der Waals surface area contributed by atoms with Crippen LogP contribution in [0.1, 0.15) is 59.8 Å². The Labute approximate surface area is 92.4 Å². The number of fused-ring (bicyclic) bond motifs is 1. The molecule has 0 saturated heterocycles. The molecule has 0 aromatic heterocycles. The summed E-state index contributed by atoms with van der Waals surface area (Å²) in [5.74, 6) is 4.25. The lowest BCUT2D eigenvalue weighted by Gasteiger charge is -2.44. The second-order valence-electron chi connectivity index (χ2n) is 5.15. The van der Waals surface area contributed by atoms with Gasteiger partial charge in [-0.2, -0.15) is 0 Å². The monoisotopic (exact) mass is 193 g/mol. The molecule has 2 rings (SSSR count). The van der Waals surface area contributed by atoms with Gasteiger partial charge in [0.1, 0.15) is 0 Å². The minimum absolute atomic E-state index is 0. The third-order valence-electron chi connectivity index (χ3n) is 4.33. The van der Waals surface area contributed by atoms with Crippen LogP contribution in [0, 0.1) is 23.7 Å². The molecule has 2 atom stereocenters. The fraction of sp³-hybridized carbons (Fsp3) is 1.00. The molecule has 0 aromatic rings. The molecule has 2 aliphatic carbocycles. The molecule has 14 heavy (non-hydrogen) atoms. The summed E-state index contributed by atoms with van der Waals surface area (Å²) >= 11 is 0. The summed E-state index contributed by atoms with van der Waals surface area (Å²) in [6.45, 7) is 4.97. The molecule has 3 radical (unpaired) electrons. The zero-order valence-corrected chi connectivity index (χ0v) is 9.13. The van der Waals surface area contributed by atoms with Crippen LogP contribution in [0.4, 0.5) is 0 Å². The smallest absolute Gasteiger partial charge is 0 e. The number of hydrogen-bond acceptors (Lipinski definition) is 0. The lowest BCUT2D eigenvalue weighted by atomic mass is 9.62. The van der Waals surface area contributed by atoms with Crippen molar-refractivity contribution in [1.29, 1.82) is 0 Å². The molecule has 2 fully saturated rings. The highest BCUT2D eigenvalue weighted by Gasteiger charge is 2.36. The fourth-order valence-electron chi connectivity index (χ4n) is 3.81. The van der Waals surface area contributed by atoms with E-state index >= 15 is 0 Å². The van der Waals surface area contributed by atoms with Gasteiger partial charge in [0, 0.05) is 8.41 Å². The Hall–Kier alpha value is 0.0649. The van der Waals surface area contributed by atoms with Crippen molar-refractivity contribution in [3.8, 4) is 0 Å². The zero-order chi connectivity index (χ0) is 8.55. The molecule has 2 saturated carbocycles. The van der Waals surface area contributed by atoms with Crippen molar-refractivity contribution in [1.82, 2.24) is 0 Å². The third kappa shape index (κ3) is 2.55. The van der Waals surface area contributed by atoms with Crippen LogP contribution in [0.15, 0.2) is 0 Å². The van der Waals surface area contributed by atoms with Crippen molar-refractivity contribution in [2.75, 3.05) is 0 Å². The molecule has 0 amide bonds. The SMILES string of the molecule is C.CC1CCCC2CCCC(C)C12.[B]. The van der Waals surface area contributed by atoms with Gasteiger partial charge in [0.05, 0.1) is 0 Å². The van der Waals surface area contributed by atoms with Gasteiger partial charge in [0.2, 0.25) is 0 Å². The van der Waals surface area contributed by atoms with E-state index < -0.39 is 0 Å². The van der Waals surface area contributed by atoms with Crippen molar-refractivity contribution < 1.29 is 0 Å². The van der Waals surface area contributed by atoms with Gasteiger partial charge >= 0.3 is 0 Å². The molecular formula is C13H26B. The molecular weight excluding hydrogens is 167 g/mol. The first-order valence-electron chi connectivity index (χ1n) is 5.79. The van der Waals surface area contributed by atoms with Gasteiger partial charge in [-0.3, -0.25) is 0 Å². The summed E-state index contributed by atoms with van der Waals surface area (Å²) in [4.78, 5) is 0. The van der Waals surface area contributed by atoms with Gasteiger partial charge in [-0.25, -0.2) is 0 Å². The van der Waals surface area contributed by atoms with E-state index in [4.69, 9.17) is 0 Å². The van der Waals surface area contributed by atoms with Crippen LogP contribution in [0.25, 0.3) is 0 Å². The summed E-state index contributed by atoms with van der Waals surface area (Å²) in [7, 11) is 0. The predicted molar refractivity (Wildman–Crippen MR) is 65.5 cm³/mol. The highest BCUT2D eigenvalue weighted by molar-refractivity contribution is 5.75. The van der Waals surface area contributed by atoms with E-state index in [-0.39, 0.29) is 15.8 Å². The van der Waals surface area contributed by atoms with Gasteiger partial charge in [-0.1, -0.05) is 59.8 Å². The average Bonchev–Trinajstić information content (AvgIpc) is 2.04. The van der Waals surface area contributed by atoms with E-state index in [0.29, 0.717) is 0 Å². The number of rotatable bonds is 0. The standard InChI is InChI=1S/C12H22.CH4.B/c1-9-5-3-7-11-8-4-6-10(2)12(9)11;;/h9-12H,3-8H2,1-2H3;1H4;. The van der Waals surface area contributed by atoms with Crippen LogP contribution < -0.4 is 0 Å². The average molecular weight is 193 g/mol. The van der Waals surface area contributed by atoms with Gasteiger partial charge < -0.3 is 0 Å². The summed E-state index contributed by atoms with van der Waals surface area (Å²) in [6, 6.07) is 0. The van der Waals surface area contributed by atoms with Crippen LogP contribution in [0.3, 0.4) is 0 Å². The van der Waals surface area contributed by atoms with Crippen LogP contribution in [0.5, 0.6) is 0 Å². The zero-order valence-electron chi connectivity index (χ0n) is 9.13. The molecule has 81 valence electrons. The predicted octanol–water partition coefficient (Wildman–Crippen LogP) is 4.11. The second kappa shape index (κ2) is 5.83. The van der Waals surface area contributed by atoms with Crippen molar-refractivity contribution in [3.63, 3.8) is 0 Å². The Balaban J connectivity index is 0.000000845. The Kier molecular flexibility index (Phi) is 5.85. The van der Waals surface area contributed by atoms with Crippen molar-refractivity contribution in [2.45, 2.75) is 59.8 Å². The van der Waals surface area contributed by atoms with Crippen molar-refractivity contribution in [2.24, 2.45) is 23.7 Å². The van der Waals surface area contributed by atoms with Crippen LogP contribution in [-0.4, -0.2) is 8.41 Å². The molecule has 0 spiro atoms. The topological polar surface area (TPSA) is 0 Å². The Morgan fingerprint density at radius 3 is 1.57 bits per heavy atom. The first-order valence-corrected chi connectivity index (χ1v) is 5.79. The lowest BCUT2D eigenvalue weighted by Crippen LogP contribution is -2.34. The Morgan fingerprint density at radius 1 is 0.786 bits per heavy atom. The highest BCUT2D eigenvalue weighted by Crippen LogP contribution is 2.46. The first kappa shape index (κ1) is 14.1. The Morgan fingerprint density at radius 2 is 1.21 bits per heavy atom. The quantitative estimate of drug-likeness (QED) is 0.508. The molecule has 0 nitrogen and oxygen atoms in total. The minimum Gasteiger partial charge on any atom is -0.0776 e. The lowest BCUT2D eigenvalue weighted by molar-refractivity contribution is 0.0652. The maximum Gasteiger partial charge on any atom is 0 e. The molecule has 0 heterocycles. The maximum absolute atomic E-state index is 2.48. The van der Waals surface area contributed by atoms with Crippen LogP contribution in [-0.2, 0) is 0 Å². The van der Waals surface area contributed by atoms with E-state index in [9.17, 15) is 0 Å². The molecule has 0 aliphatic heterocycles. The van der Waals surface area contributed by atoms with Crippen molar-refractivity contribution in [3.05, 3.63) is 0 Å². The largest absolute Gasteiger partial charge is 0.0776 e.